The number of hydrogen-bond acceptors (Lipinski definition) is 4. The van der Waals surface area contributed by atoms with Crippen LogP contribution in [0.2, 0.25) is 5.02 Å². The van der Waals surface area contributed by atoms with Crippen molar-refractivity contribution in [2.45, 2.75) is 6.42 Å². The van der Waals surface area contributed by atoms with Gasteiger partial charge in [0.15, 0.2) is 0 Å². The average molecular weight is 361 g/mol. The van der Waals surface area contributed by atoms with Crippen LogP contribution in [0, 0.1) is 0 Å². The molecular formula is C12H11BrClN3OS. The second kappa shape index (κ2) is 6.36. The number of carbonyl (C=O) groups excluding carboxylic acids is 1. The Labute approximate surface area is 128 Å². The fourth-order valence-electron chi connectivity index (χ4n) is 1.51. The molecule has 2 rings (SSSR count). The molecule has 0 fully saturated rings. The largest absolute Gasteiger partial charge is 0.384 e. The van der Waals surface area contributed by atoms with Crippen LogP contribution in [0.4, 0.5) is 5.82 Å². The predicted molar refractivity (Wildman–Crippen MR) is 81.7 cm³/mol. The molecule has 19 heavy (non-hydrogen) atoms. The quantitative estimate of drug-likeness (QED) is 0.880. The molecule has 1 amide bonds. The van der Waals surface area contributed by atoms with Crippen LogP contribution in [0.25, 0.3) is 0 Å². The highest BCUT2D eigenvalue weighted by atomic mass is 79.9. The van der Waals surface area contributed by atoms with Crippen molar-refractivity contribution in [1.29, 1.82) is 0 Å². The van der Waals surface area contributed by atoms with Gasteiger partial charge >= 0.3 is 0 Å². The zero-order valence-electron chi connectivity index (χ0n) is 9.82. The molecule has 0 aliphatic rings. The summed E-state index contributed by atoms with van der Waals surface area (Å²) in [6, 6.07) is 5.49. The van der Waals surface area contributed by atoms with Gasteiger partial charge in [0.25, 0.3) is 5.91 Å². The molecule has 2 aromatic rings. The molecule has 2 aromatic heterocycles. The van der Waals surface area contributed by atoms with Crippen LogP contribution in [-0.4, -0.2) is 17.4 Å². The lowest BCUT2D eigenvalue weighted by atomic mass is 10.2. The molecule has 0 aliphatic carbocycles. The maximum atomic E-state index is 11.9. The summed E-state index contributed by atoms with van der Waals surface area (Å²) in [7, 11) is 0. The molecule has 0 atom stereocenters. The number of nitrogen functional groups attached to an aromatic ring is 1. The van der Waals surface area contributed by atoms with Gasteiger partial charge in [-0.05, 0) is 40.5 Å². The average Bonchev–Trinajstić information content (AvgIpc) is 2.78. The number of nitrogens with two attached hydrogens (primary N) is 1. The minimum atomic E-state index is -0.241. The molecule has 2 heterocycles. The lowest BCUT2D eigenvalue weighted by Crippen LogP contribution is -2.26. The van der Waals surface area contributed by atoms with Gasteiger partial charge in [-0.3, -0.25) is 4.79 Å². The van der Waals surface area contributed by atoms with E-state index < -0.39 is 0 Å². The van der Waals surface area contributed by atoms with Crippen molar-refractivity contribution in [2.24, 2.45) is 0 Å². The topological polar surface area (TPSA) is 68.0 Å². The molecule has 3 N–H and O–H groups in total. The minimum absolute atomic E-state index is 0.241. The third-order valence-corrected chi connectivity index (χ3v) is 4.39. The number of amides is 1. The normalized spacial score (nSPS) is 10.4. The lowest BCUT2D eigenvalue weighted by Gasteiger charge is -2.06. The third kappa shape index (κ3) is 3.92. The summed E-state index contributed by atoms with van der Waals surface area (Å²) in [6.07, 6.45) is 2.16. The Morgan fingerprint density at radius 3 is 3.00 bits per heavy atom. The van der Waals surface area contributed by atoms with Gasteiger partial charge in [-0.15, -0.1) is 11.3 Å². The van der Waals surface area contributed by atoms with Gasteiger partial charge in [0.2, 0.25) is 0 Å². The first-order valence-corrected chi connectivity index (χ1v) is 7.48. The second-order valence-electron chi connectivity index (χ2n) is 3.80. The van der Waals surface area contributed by atoms with E-state index in [1.54, 1.807) is 11.3 Å². The molecule has 0 aromatic carbocycles. The van der Waals surface area contributed by atoms with E-state index in [0.717, 1.165) is 10.2 Å². The highest BCUT2D eigenvalue weighted by Gasteiger charge is 2.11. The zero-order valence-corrected chi connectivity index (χ0v) is 13.0. The Bertz CT molecular complexity index is 602. The maximum Gasteiger partial charge on any atom is 0.253 e. The SMILES string of the molecule is Nc1cc(C(=O)NCCc2ccc(Br)s2)c(Cl)cn1. The second-order valence-corrected chi connectivity index (χ2v) is 6.76. The van der Waals surface area contributed by atoms with Gasteiger partial charge < -0.3 is 11.1 Å². The minimum Gasteiger partial charge on any atom is -0.384 e. The molecule has 0 bridgehead atoms. The van der Waals surface area contributed by atoms with E-state index in [-0.39, 0.29) is 11.7 Å². The van der Waals surface area contributed by atoms with Gasteiger partial charge in [-0.1, -0.05) is 11.6 Å². The Hall–Kier alpha value is -1.11. The van der Waals surface area contributed by atoms with Crippen LogP contribution in [0.5, 0.6) is 0 Å². The fraction of sp³-hybridized carbons (Fsp3) is 0.167. The number of nitrogens with zero attached hydrogens (tertiary/aromatic N) is 1. The van der Waals surface area contributed by atoms with Gasteiger partial charge in [0, 0.05) is 17.6 Å². The van der Waals surface area contributed by atoms with E-state index in [2.05, 4.69) is 26.2 Å². The first-order valence-electron chi connectivity index (χ1n) is 5.49. The summed E-state index contributed by atoms with van der Waals surface area (Å²) < 4.78 is 1.08. The number of anilines is 1. The van der Waals surface area contributed by atoms with E-state index in [9.17, 15) is 4.79 Å². The molecule has 0 saturated carbocycles. The number of halogens is 2. The van der Waals surface area contributed by atoms with Crippen molar-refractivity contribution in [3.05, 3.63) is 43.6 Å². The molecule has 100 valence electrons. The summed E-state index contributed by atoms with van der Waals surface area (Å²) in [4.78, 5) is 16.9. The summed E-state index contributed by atoms with van der Waals surface area (Å²) in [5, 5.41) is 3.11. The Morgan fingerprint density at radius 2 is 2.32 bits per heavy atom. The number of hydrogen-bond donors (Lipinski definition) is 2. The Morgan fingerprint density at radius 1 is 1.53 bits per heavy atom. The number of nitrogens with one attached hydrogen (secondary N) is 1. The molecular weight excluding hydrogens is 350 g/mol. The molecule has 0 aliphatic heterocycles. The van der Waals surface area contributed by atoms with Crippen LogP contribution in [-0.2, 0) is 6.42 Å². The first kappa shape index (κ1) is 14.3. The van der Waals surface area contributed by atoms with E-state index >= 15 is 0 Å². The number of pyridine rings is 1. The smallest absolute Gasteiger partial charge is 0.253 e. The summed E-state index contributed by atoms with van der Waals surface area (Å²) in [5.41, 5.74) is 5.88. The van der Waals surface area contributed by atoms with Crippen molar-refractivity contribution in [2.75, 3.05) is 12.3 Å². The highest BCUT2D eigenvalue weighted by molar-refractivity contribution is 9.11. The number of carbonyl (C=O) groups is 1. The van der Waals surface area contributed by atoms with E-state index in [0.29, 0.717) is 17.1 Å². The Balaban J connectivity index is 1.92. The van der Waals surface area contributed by atoms with E-state index in [1.165, 1.54) is 17.1 Å². The fourth-order valence-corrected chi connectivity index (χ4v) is 3.18. The monoisotopic (exact) mass is 359 g/mol. The van der Waals surface area contributed by atoms with Crippen LogP contribution < -0.4 is 11.1 Å². The highest BCUT2D eigenvalue weighted by Crippen LogP contribution is 2.22. The van der Waals surface area contributed by atoms with E-state index in [1.807, 2.05) is 12.1 Å². The van der Waals surface area contributed by atoms with Crippen LogP contribution >= 0.6 is 38.9 Å². The van der Waals surface area contributed by atoms with Crippen LogP contribution in [0.1, 0.15) is 15.2 Å². The van der Waals surface area contributed by atoms with Crippen molar-refractivity contribution in [3.63, 3.8) is 0 Å². The van der Waals surface area contributed by atoms with Crippen LogP contribution in [0.3, 0.4) is 0 Å². The molecule has 4 nitrogen and oxygen atoms in total. The van der Waals surface area contributed by atoms with Crippen molar-refractivity contribution < 1.29 is 4.79 Å². The molecule has 0 saturated heterocycles. The molecule has 0 unspecified atom stereocenters. The van der Waals surface area contributed by atoms with E-state index in [4.69, 9.17) is 17.3 Å². The summed E-state index contributed by atoms with van der Waals surface area (Å²) in [6.45, 7) is 0.546. The molecule has 7 heteroatoms. The van der Waals surface area contributed by atoms with Crippen LogP contribution in [0.15, 0.2) is 28.2 Å². The van der Waals surface area contributed by atoms with Crippen molar-refractivity contribution in [3.8, 4) is 0 Å². The summed E-state index contributed by atoms with van der Waals surface area (Å²) in [5.74, 6) is 0.0338. The zero-order chi connectivity index (χ0) is 13.8. The maximum absolute atomic E-state index is 11.9. The van der Waals surface area contributed by atoms with Gasteiger partial charge in [-0.2, -0.15) is 0 Å². The number of aromatic nitrogens is 1. The number of rotatable bonds is 4. The lowest BCUT2D eigenvalue weighted by molar-refractivity contribution is 0.0954. The third-order valence-electron chi connectivity index (χ3n) is 2.41. The van der Waals surface area contributed by atoms with Gasteiger partial charge in [0.1, 0.15) is 5.82 Å². The summed E-state index contributed by atoms with van der Waals surface area (Å²) >= 11 is 11.0. The number of thiophene rings is 1. The van der Waals surface area contributed by atoms with Gasteiger partial charge in [0.05, 0.1) is 14.4 Å². The predicted octanol–water partition coefficient (Wildman–Crippen LogP) is 3.11. The standard InChI is InChI=1S/C12H11BrClN3OS/c13-10-2-1-7(19-10)3-4-16-12(18)8-5-11(15)17-6-9(8)14/h1-2,5-6H,3-4H2,(H2,15,17)(H,16,18). The Kier molecular flexibility index (Phi) is 4.79. The molecule has 0 radical (unpaired) electrons. The van der Waals surface area contributed by atoms with Crippen molar-refractivity contribution in [1.82, 2.24) is 10.3 Å². The first-order chi connectivity index (χ1) is 9.06. The molecule has 0 spiro atoms. The van der Waals surface area contributed by atoms with Gasteiger partial charge in [-0.25, -0.2) is 4.98 Å². The van der Waals surface area contributed by atoms with Crippen molar-refractivity contribution >= 4 is 50.6 Å².